The van der Waals surface area contributed by atoms with Crippen LogP contribution in [0.5, 0.6) is 0 Å². The van der Waals surface area contributed by atoms with Crippen molar-refractivity contribution in [2.24, 2.45) is 5.73 Å². The van der Waals surface area contributed by atoms with Crippen LogP contribution in [0.1, 0.15) is 27.2 Å². The number of sulfonamides is 1. The summed E-state index contributed by atoms with van der Waals surface area (Å²) in [5.41, 5.74) is 5.85. The highest BCUT2D eigenvalue weighted by Crippen LogP contribution is 2.15. The van der Waals surface area contributed by atoms with Gasteiger partial charge in [0.15, 0.2) is 0 Å². The first kappa shape index (κ1) is 16.5. The van der Waals surface area contributed by atoms with E-state index in [0.717, 1.165) is 5.69 Å². The molecule has 6 nitrogen and oxygen atoms in total. The van der Waals surface area contributed by atoms with Crippen molar-refractivity contribution in [3.05, 3.63) is 24.3 Å². The second-order valence-electron chi connectivity index (χ2n) is 5.02. The van der Waals surface area contributed by atoms with Gasteiger partial charge in [-0.1, -0.05) is 0 Å². The lowest BCUT2D eigenvalue weighted by molar-refractivity contribution is -0.118. The monoisotopic (exact) mass is 299 g/mol. The van der Waals surface area contributed by atoms with Crippen LogP contribution in [0.25, 0.3) is 0 Å². The number of amides is 1. The fourth-order valence-corrected chi connectivity index (χ4v) is 3.00. The van der Waals surface area contributed by atoms with Crippen molar-refractivity contribution in [3.63, 3.8) is 0 Å². The summed E-state index contributed by atoms with van der Waals surface area (Å²) < 4.78 is 26.4. The van der Waals surface area contributed by atoms with Crippen LogP contribution in [-0.2, 0) is 14.8 Å². The Morgan fingerprint density at radius 2 is 1.75 bits per heavy atom. The minimum Gasteiger partial charge on any atom is -0.382 e. The Balaban J connectivity index is 2.76. The third-order valence-electron chi connectivity index (χ3n) is 2.48. The summed E-state index contributed by atoms with van der Waals surface area (Å²) in [6.07, 6.45) is 0.217. The van der Waals surface area contributed by atoms with E-state index in [1.807, 2.05) is 6.92 Å². The van der Waals surface area contributed by atoms with Crippen molar-refractivity contribution >= 4 is 21.6 Å². The fraction of sp³-hybridized carbons (Fsp3) is 0.462. The Kier molecular flexibility index (Phi) is 5.52. The number of nitrogens with one attached hydrogen (secondary N) is 2. The number of carbonyl (C=O) groups excluding carboxylic acids is 1. The standard InChI is InChI=1S/C13H21N3O3S/c1-9(2)16-20(18,19)12-6-4-11(5-7-12)15-10(3)8-13(14)17/h4-7,9-10,15-16H,8H2,1-3H3,(H2,14,17). The van der Waals surface area contributed by atoms with E-state index in [1.165, 1.54) is 12.1 Å². The third-order valence-corrected chi connectivity index (χ3v) is 4.15. The predicted molar refractivity (Wildman–Crippen MR) is 78.8 cm³/mol. The molecule has 112 valence electrons. The van der Waals surface area contributed by atoms with Crippen molar-refractivity contribution in [1.82, 2.24) is 4.72 Å². The Morgan fingerprint density at radius 3 is 2.20 bits per heavy atom. The summed E-state index contributed by atoms with van der Waals surface area (Å²) in [6.45, 7) is 5.35. The molecule has 4 N–H and O–H groups in total. The number of nitrogens with two attached hydrogens (primary N) is 1. The molecule has 0 aliphatic carbocycles. The molecule has 1 aromatic carbocycles. The molecule has 0 aromatic heterocycles. The molecule has 0 spiro atoms. The van der Waals surface area contributed by atoms with E-state index in [2.05, 4.69) is 10.0 Å². The maximum atomic E-state index is 11.9. The van der Waals surface area contributed by atoms with Crippen LogP contribution in [0.4, 0.5) is 5.69 Å². The molecule has 20 heavy (non-hydrogen) atoms. The zero-order valence-electron chi connectivity index (χ0n) is 11.9. The number of hydrogen-bond acceptors (Lipinski definition) is 4. The van der Waals surface area contributed by atoms with Crippen LogP contribution in [0.2, 0.25) is 0 Å². The van der Waals surface area contributed by atoms with E-state index in [1.54, 1.807) is 26.0 Å². The maximum Gasteiger partial charge on any atom is 0.240 e. The van der Waals surface area contributed by atoms with Crippen LogP contribution < -0.4 is 15.8 Å². The van der Waals surface area contributed by atoms with Crippen LogP contribution in [0, 0.1) is 0 Å². The molecule has 1 aromatic rings. The molecule has 1 amide bonds. The van der Waals surface area contributed by atoms with Gasteiger partial charge in [-0.3, -0.25) is 4.79 Å². The lowest BCUT2D eigenvalue weighted by atomic mass is 10.2. The normalized spacial score (nSPS) is 13.2. The Labute approximate surface area is 119 Å². The van der Waals surface area contributed by atoms with E-state index < -0.39 is 10.0 Å². The first-order valence-corrected chi connectivity index (χ1v) is 7.86. The third kappa shape index (κ3) is 5.18. The number of carbonyl (C=O) groups is 1. The number of hydrogen-bond donors (Lipinski definition) is 3. The largest absolute Gasteiger partial charge is 0.382 e. The lowest BCUT2D eigenvalue weighted by Gasteiger charge is -2.14. The predicted octanol–water partition coefficient (Wildman–Crippen LogP) is 1.05. The average molecular weight is 299 g/mol. The molecule has 0 saturated heterocycles. The SMILES string of the molecule is CC(C)NS(=O)(=O)c1ccc(NC(C)CC(N)=O)cc1. The van der Waals surface area contributed by atoms with Crippen LogP contribution in [-0.4, -0.2) is 26.4 Å². The Hall–Kier alpha value is -1.60. The zero-order chi connectivity index (χ0) is 15.3. The van der Waals surface area contributed by atoms with Crippen LogP contribution >= 0.6 is 0 Å². The molecular weight excluding hydrogens is 278 g/mol. The number of primary amides is 1. The van der Waals surface area contributed by atoms with Crippen LogP contribution in [0.15, 0.2) is 29.2 Å². The molecule has 1 rings (SSSR count). The molecular formula is C13H21N3O3S. The van der Waals surface area contributed by atoms with Crippen molar-refractivity contribution in [2.45, 2.75) is 44.2 Å². The molecule has 0 radical (unpaired) electrons. The van der Waals surface area contributed by atoms with Gasteiger partial charge < -0.3 is 11.1 Å². The minimum atomic E-state index is -3.48. The van der Waals surface area contributed by atoms with E-state index in [-0.39, 0.29) is 29.3 Å². The summed E-state index contributed by atoms with van der Waals surface area (Å²) in [5, 5.41) is 3.08. The van der Waals surface area contributed by atoms with E-state index in [0.29, 0.717) is 0 Å². The summed E-state index contributed by atoms with van der Waals surface area (Å²) >= 11 is 0. The highest BCUT2D eigenvalue weighted by molar-refractivity contribution is 7.89. The van der Waals surface area contributed by atoms with Gasteiger partial charge in [0.25, 0.3) is 0 Å². The van der Waals surface area contributed by atoms with Crippen molar-refractivity contribution < 1.29 is 13.2 Å². The summed E-state index contributed by atoms with van der Waals surface area (Å²) in [4.78, 5) is 11.0. The molecule has 1 unspecified atom stereocenters. The zero-order valence-corrected chi connectivity index (χ0v) is 12.7. The summed E-state index contributed by atoms with van der Waals surface area (Å²) in [6, 6.07) is 6.09. The molecule has 1 atom stereocenters. The van der Waals surface area contributed by atoms with Gasteiger partial charge in [0.1, 0.15) is 0 Å². The second-order valence-corrected chi connectivity index (χ2v) is 6.73. The van der Waals surface area contributed by atoms with Crippen LogP contribution in [0.3, 0.4) is 0 Å². The van der Waals surface area contributed by atoms with Gasteiger partial charge in [0, 0.05) is 24.2 Å². The van der Waals surface area contributed by atoms with Gasteiger partial charge >= 0.3 is 0 Å². The van der Waals surface area contributed by atoms with Gasteiger partial charge in [-0.2, -0.15) is 0 Å². The van der Waals surface area contributed by atoms with E-state index >= 15 is 0 Å². The van der Waals surface area contributed by atoms with Gasteiger partial charge in [-0.05, 0) is 45.0 Å². The quantitative estimate of drug-likeness (QED) is 0.700. The van der Waals surface area contributed by atoms with Gasteiger partial charge in [0.05, 0.1) is 4.90 Å². The number of benzene rings is 1. The Bertz CT molecular complexity index is 553. The molecule has 0 aliphatic heterocycles. The average Bonchev–Trinajstić information content (AvgIpc) is 2.26. The summed E-state index contributed by atoms with van der Waals surface area (Å²) in [7, 11) is -3.48. The van der Waals surface area contributed by atoms with Gasteiger partial charge in [-0.25, -0.2) is 13.1 Å². The molecule has 0 bridgehead atoms. The second kappa shape index (κ2) is 6.71. The van der Waals surface area contributed by atoms with Crippen molar-refractivity contribution in [3.8, 4) is 0 Å². The molecule has 0 aliphatic rings. The van der Waals surface area contributed by atoms with Crippen molar-refractivity contribution in [2.75, 3.05) is 5.32 Å². The topological polar surface area (TPSA) is 101 Å². The fourth-order valence-electron chi connectivity index (χ4n) is 1.75. The van der Waals surface area contributed by atoms with Gasteiger partial charge in [-0.15, -0.1) is 0 Å². The number of rotatable bonds is 7. The highest BCUT2D eigenvalue weighted by atomic mass is 32.2. The first-order valence-electron chi connectivity index (χ1n) is 6.38. The summed E-state index contributed by atoms with van der Waals surface area (Å²) in [5.74, 6) is -0.384. The molecule has 0 heterocycles. The minimum absolute atomic E-state index is 0.108. The highest BCUT2D eigenvalue weighted by Gasteiger charge is 2.15. The van der Waals surface area contributed by atoms with E-state index in [9.17, 15) is 13.2 Å². The van der Waals surface area contributed by atoms with E-state index in [4.69, 9.17) is 5.73 Å². The van der Waals surface area contributed by atoms with Crippen molar-refractivity contribution in [1.29, 1.82) is 0 Å². The molecule has 0 fully saturated rings. The smallest absolute Gasteiger partial charge is 0.240 e. The lowest BCUT2D eigenvalue weighted by Crippen LogP contribution is -2.30. The number of anilines is 1. The maximum absolute atomic E-state index is 11.9. The molecule has 7 heteroatoms. The Morgan fingerprint density at radius 1 is 1.20 bits per heavy atom. The molecule has 0 saturated carbocycles. The van der Waals surface area contributed by atoms with Gasteiger partial charge in [0.2, 0.25) is 15.9 Å². The first-order chi connectivity index (χ1) is 9.20.